The highest BCUT2D eigenvalue weighted by Gasteiger charge is 2.41. The summed E-state index contributed by atoms with van der Waals surface area (Å²) in [5.74, 6) is 3.01. The number of rotatable bonds is 5. The van der Waals surface area contributed by atoms with E-state index < -0.39 is 0 Å². The molecule has 1 aliphatic heterocycles. The van der Waals surface area contributed by atoms with Gasteiger partial charge in [0.15, 0.2) is 0 Å². The Hall–Kier alpha value is -0.0800. The molecule has 0 aromatic carbocycles. The molecule has 2 aliphatic carbocycles. The second-order valence-corrected chi connectivity index (χ2v) is 8.88. The zero-order valence-corrected chi connectivity index (χ0v) is 14.5. The van der Waals surface area contributed by atoms with Gasteiger partial charge in [0, 0.05) is 32.2 Å². The Morgan fingerprint density at radius 2 is 1.81 bits per heavy atom. The Balaban J connectivity index is 1.61. The van der Waals surface area contributed by atoms with Crippen molar-refractivity contribution in [3.05, 3.63) is 0 Å². The van der Waals surface area contributed by atoms with Crippen molar-refractivity contribution in [2.75, 3.05) is 26.2 Å². The van der Waals surface area contributed by atoms with Gasteiger partial charge in [0.25, 0.3) is 0 Å². The maximum Gasteiger partial charge on any atom is 0.00505 e. The van der Waals surface area contributed by atoms with Crippen molar-refractivity contribution in [2.45, 2.75) is 71.8 Å². The van der Waals surface area contributed by atoms with E-state index in [1.807, 2.05) is 0 Å². The minimum atomic E-state index is 0.556. The topological polar surface area (TPSA) is 15.3 Å². The molecule has 0 aromatic heterocycles. The standard InChI is InChI=1S/C19H36N2/c1-15(2)20-13-19(9-5-6-16(3)10-19)14-21-11-17-7-4-8-18(17)12-21/h15-18,20H,4-14H2,1-3H3. The second kappa shape index (κ2) is 6.58. The molecule has 4 atom stereocenters. The van der Waals surface area contributed by atoms with Crippen LogP contribution >= 0.6 is 0 Å². The van der Waals surface area contributed by atoms with Crippen LogP contribution in [0.3, 0.4) is 0 Å². The first kappa shape index (κ1) is 15.8. The average molecular weight is 293 g/mol. The van der Waals surface area contributed by atoms with Crippen LogP contribution in [0.15, 0.2) is 0 Å². The summed E-state index contributed by atoms with van der Waals surface area (Å²) < 4.78 is 0. The van der Waals surface area contributed by atoms with Gasteiger partial charge < -0.3 is 10.2 Å². The highest BCUT2D eigenvalue weighted by atomic mass is 15.2. The number of hydrogen-bond donors (Lipinski definition) is 1. The van der Waals surface area contributed by atoms with Crippen molar-refractivity contribution in [3.63, 3.8) is 0 Å². The maximum absolute atomic E-state index is 3.77. The molecule has 3 fully saturated rings. The molecule has 3 aliphatic rings. The molecule has 0 spiro atoms. The zero-order valence-electron chi connectivity index (χ0n) is 14.5. The second-order valence-electron chi connectivity index (χ2n) is 8.88. The molecular formula is C19H36N2. The summed E-state index contributed by atoms with van der Waals surface area (Å²) in [5.41, 5.74) is 0.556. The summed E-state index contributed by atoms with van der Waals surface area (Å²) >= 11 is 0. The summed E-state index contributed by atoms with van der Waals surface area (Å²) in [4.78, 5) is 2.84. The molecule has 0 bridgehead atoms. The number of likely N-dealkylation sites (tertiary alicyclic amines) is 1. The maximum atomic E-state index is 3.77. The Morgan fingerprint density at radius 1 is 1.10 bits per heavy atom. The van der Waals surface area contributed by atoms with E-state index in [2.05, 4.69) is 31.0 Å². The minimum absolute atomic E-state index is 0.556. The first-order chi connectivity index (χ1) is 10.1. The van der Waals surface area contributed by atoms with E-state index in [9.17, 15) is 0 Å². The normalized spacial score (nSPS) is 40.9. The van der Waals surface area contributed by atoms with Gasteiger partial charge in [0.1, 0.15) is 0 Å². The van der Waals surface area contributed by atoms with Gasteiger partial charge in [-0.1, -0.05) is 40.0 Å². The Labute approximate surface area is 132 Å². The van der Waals surface area contributed by atoms with Crippen molar-refractivity contribution in [2.24, 2.45) is 23.2 Å². The number of fused-ring (bicyclic) bond motifs is 1. The van der Waals surface area contributed by atoms with Crippen LogP contribution in [-0.2, 0) is 0 Å². The van der Waals surface area contributed by atoms with Gasteiger partial charge in [0.2, 0.25) is 0 Å². The minimum Gasteiger partial charge on any atom is -0.314 e. The summed E-state index contributed by atoms with van der Waals surface area (Å²) in [6, 6.07) is 0.622. The van der Waals surface area contributed by atoms with Gasteiger partial charge >= 0.3 is 0 Å². The molecule has 122 valence electrons. The molecule has 0 radical (unpaired) electrons. The van der Waals surface area contributed by atoms with Crippen molar-refractivity contribution in [1.29, 1.82) is 0 Å². The van der Waals surface area contributed by atoms with Crippen LogP contribution < -0.4 is 5.32 Å². The monoisotopic (exact) mass is 292 g/mol. The van der Waals surface area contributed by atoms with Gasteiger partial charge in [-0.3, -0.25) is 0 Å². The fourth-order valence-corrected chi connectivity index (χ4v) is 5.49. The number of nitrogens with zero attached hydrogens (tertiary/aromatic N) is 1. The fourth-order valence-electron chi connectivity index (χ4n) is 5.49. The van der Waals surface area contributed by atoms with Gasteiger partial charge in [-0.2, -0.15) is 0 Å². The van der Waals surface area contributed by atoms with E-state index in [1.165, 1.54) is 71.1 Å². The number of nitrogens with one attached hydrogen (secondary N) is 1. The van der Waals surface area contributed by atoms with Crippen molar-refractivity contribution in [1.82, 2.24) is 10.2 Å². The summed E-state index contributed by atoms with van der Waals surface area (Å²) in [6.07, 6.45) is 10.3. The lowest BCUT2D eigenvalue weighted by molar-refractivity contribution is 0.0853. The third kappa shape index (κ3) is 3.82. The van der Waals surface area contributed by atoms with E-state index in [4.69, 9.17) is 0 Å². The zero-order chi connectivity index (χ0) is 14.9. The fraction of sp³-hybridized carbons (Fsp3) is 1.00. The smallest absolute Gasteiger partial charge is 0.00505 e. The highest BCUT2D eigenvalue weighted by Crippen LogP contribution is 2.43. The van der Waals surface area contributed by atoms with E-state index in [-0.39, 0.29) is 0 Å². The first-order valence-electron chi connectivity index (χ1n) is 9.52. The van der Waals surface area contributed by atoms with Crippen LogP contribution in [0.4, 0.5) is 0 Å². The van der Waals surface area contributed by atoms with Crippen molar-refractivity contribution < 1.29 is 0 Å². The molecule has 1 heterocycles. The molecular weight excluding hydrogens is 256 g/mol. The van der Waals surface area contributed by atoms with Crippen LogP contribution in [-0.4, -0.2) is 37.1 Å². The molecule has 0 amide bonds. The lowest BCUT2D eigenvalue weighted by atomic mass is 9.69. The lowest BCUT2D eigenvalue weighted by Gasteiger charge is -2.43. The highest BCUT2D eigenvalue weighted by molar-refractivity contribution is 4.95. The summed E-state index contributed by atoms with van der Waals surface area (Å²) in [7, 11) is 0. The average Bonchev–Trinajstić information content (AvgIpc) is 2.97. The Morgan fingerprint density at radius 3 is 2.43 bits per heavy atom. The van der Waals surface area contributed by atoms with Gasteiger partial charge in [-0.15, -0.1) is 0 Å². The Bertz CT molecular complexity index is 328. The summed E-state index contributed by atoms with van der Waals surface area (Å²) in [5, 5.41) is 3.77. The molecule has 1 saturated heterocycles. The molecule has 1 N–H and O–H groups in total. The molecule has 2 heteroatoms. The molecule has 0 aromatic rings. The van der Waals surface area contributed by atoms with Gasteiger partial charge in [0.05, 0.1) is 0 Å². The predicted octanol–water partition coefficient (Wildman–Crippen LogP) is 3.91. The van der Waals surface area contributed by atoms with Gasteiger partial charge in [-0.25, -0.2) is 0 Å². The first-order valence-corrected chi connectivity index (χ1v) is 9.52. The predicted molar refractivity (Wildman–Crippen MR) is 90.5 cm³/mol. The van der Waals surface area contributed by atoms with Crippen LogP contribution in [0.25, 0.3) is 0 Å². The third-order valence-electron chi connectivity index (χ3n) is 6.43. The summed E-state index contributed by atoms with van der Waals surface area (Å²) in [6.45, 7) is 12.5. The van der Waals surface area contributed by atoms with E-state index in [0.29, 0.717) is 11.5 Å². The molecule has 3 rings (SSSR count). The van der Waals surface area contributed by atoms with Crippen LogP contribution in [0, 0.1) is 23.2 Å². The largest absolute Gasteiger partial charge is 0.314 e. The molecule has 21 heavy (non-hydrogen) atoms. The third-order valence-corrected chi connectivity index (χ3v) is 6.43. The molecule has 2 saturated carbocycles. The van der Waals surface area contributed by atoms with Crippen molar-refractivity contribution in [3.8, 4) is 0 Å². The van der Waals surface area contributed by atoms with Crippen molar-refractivity contribution >= 4 is 0 Å². The van der Waals surface area contributed by atoms with Gasteiger partial charge in [-0.05, 0) is 48.9 Å². The lowest BCUT2D eigenvalue weighted by Crippen LogP contribution is -2.47. The van der Waals surface area contributed by atoms with E-state index in [0.717, 1.165) is 17.8 Å². The molecule has 2 nitrogen and oxygen atoms in total. The van der Waals surface area contributed by atoms with Crippen LogP contribution in [0.2, 0.25) is 0 Å². The van der Waals surface area contributed by atoms with Crippen LogP contribution in [0.1, 0.15) is 65.7 Å². The number of hydrogen-bond acceptors (Lipinski definition) is 2. The van der Waals surface area contributed by atoms with E-state index >= 15 is 0 Å². The molecule has 4 unspecified atom stereocenters. The Kier molecular flexibility index (Phi) is 4.95. The quantitative estimate of drug-likeness (QED) is 0.826. The van der Waals surface area contributed by atoms with E-state index in [1.54, 1.807) is 0 Å². The van der Waals surface area contributed by atoms with Crippen LogP contribution in [0.5, 0.6) is 0 Å². The SMILES string of the molecule is CC1CCCC(CNC(C)C)(CN2CC3CCCC3C2)C1.